The van der Waals surface area contributed by atoms with Crippen LogP contribution in [0.5, 0.6) is 0 Å². The fourth-order valence-corrected chi connectivity index (χ4v) is 0. The van der Waals surface area contributed by atoms with E-state index in [1.165, 1.54) is 0 Å². The molecule has 0 aliphatic carbocycles. The maximum atomic E-state index is 0. The van der Waals surface area contributed by atoms with Crippen molar-refractivity contribution in [3.8, 4) is 0 Å². The Balaban J connectivity index is 0. The van der Waals surface area contributed by atoms with Crippen LogP contribution in [0.25, 0.3) is 0 Å². The molecular formula is H6BiMnNiP. The van der Waals surface area contributed by atoms with Crippen LogP contribution in [-0.4, -0.2) is 26.2 Å². The molecule has 0 saturated carbocycles. The summed E-state index contributed by atoms with van der Waals surface area (Å²) >= 11 is 0. The van der Waals surface area contributed by atoms with E-state index in [9.17, 15) is 0 Å². The Morgan fingerprint density at radius 1 is 1.00 bits per heavy atom. The molecule has 0 bridgehead atoms. The fourth-order valence-electron chi connectivity index (χ4n) is 0. The zero-order valence-electron chi connectivity index (χ0n) is 2.11. The van der Waals surface area contributed by atoms with Crippen LogP contribution in [0.15, 0.2) is 0 Å². The Hall–Kier alpha value is 2.33. The zero-order valence-corrected chi connectivity index (χ0v) is 11.2. The van der Waals surface area contributed by atoms with Crippen molar-refractivity contribution in [2.45, 2.75) is 0 Å². The van der Waals surface area contributed by atoms with Crippen LogP contribution in [0.1, 0.15) is 0 Å². The molecule has 0 rings (SSSR count). The molecule has 4 heteroatoms. The van der Waals surface area contributed by atoms with E-state index >= 15 is 0 Å². The number of hydrogen-bond acceptors (Lipinski definition) is 0. The summed E-state index contributed by atoms with van der Waals surface area (Å²) in [6, 6.07) is 0. The Labute approximate surface area is 69.0 Å². The van der Waals surface area contributed by atoms with Crippen LogP contribution in [0.3, 0.4) is 0 Å². The van der Waals surface area contributed by atoms with Gasteiger partial charge in [-0.25, -0.2) is 0 Å². The summed E-state index contributed by atoms with van der Waals surface area (Å²) in [7, 11) is 0. The third kappa shape index (κ3) is 8.85. The monoisotopic (exact) mass is 359 g/mol. The van der Waals surface area contributed by atoms with E-state index < -0.39 is 0 Å². The quantitative estimate of drug-likeness (QED) is 0.379. The van der Waals surface area contributed by atoms with Gasteiger partial charge in [-0.3, -0.25) is 0 Å². The SMILES string of the molecule is P.[BiH3].[Mn].[Ni]. The molecule has 0 aromatic carbocycles. The molecule has 0 spiro atoms. The van der Waals surface area contributed by atoms with Crippen LogP contribution >= 0.6 is 9.90 Å². The van der Waals surface area contributed by atoms with Crippen molar-refractivity contribution >= 4 is 36.1 Å². The Kier molecular flexibility index (Phi) is 153. The van der Waals surface area contributed by atoms with E-state index in [0.29, 0.717) is 0 Å². The molecule has 0 fully saturated rings. The summed E-state index contributed by atoms with van der Waals surface area (Å²) < 4.78 is 0. The van der Waals surface area contributed by atoms with Crippen molar-refractivity contribution in [2.24, 2.45) is 0 Å². The molecule has 0 N–H and O–H groups in total. The maximum absolute atomic E-state index is 0. The summed E-state index contributed by atoms with van der Waals surface area (Å²) in [6.07, 6.45) is 0. The van der Waals surface area contributed by atoms with Gasteiger partial charge < -0.3 is 0 Å². The number of rotatable bonds is 0. The van der Waals surface area contributed by atoms with Gasteiger partial charge in [-0.15, -0.1) is 0 Å². The first kappa shape index (κ1) is 33.2. The van der Waals surface area contributed by atoms with Crippen LogP contribution in [0.4, 0.5) is 0 Å². The van der Waals surface area contributed by atoms with E-state index in [1.54, 1.807) is 0 Å². The molecule has 1 unspecified atom stereocenters. The van der Waals surface area contributed by atoms with Crippen molar-refractivity contribution in [1.29, 1.82) is 0 Å². The molecule has 0 aliphatic heterocycles. The summed E-state index contributed by atoms with van der Waals surface area (Å²) in [5, 5.41) is 0. The third-order valence-corrected chi connectivity index (χ3v) is 0. The zero-order chi connectivity index (χ0) is 0. The molecular weight excluding hydrogens is 354 g/mol. The fraction of sp³-hybridized carbons (Fsp3) is 0. The minimum atomic E-state index is 0. The average Bonchev–Trinajstić information content (AvgIpc) is 0. The summed E-state index contributed by atoms with van der Waals surface area (Å²) in [5.41, 5.74) is 0. The topological polar surface area (TPSA) is 0 Å². The average molecular weight is 360 g/mol. The normalized spacial score (nSPS) is 0. The first-order valence-corrected chi connectivity index (χ1v) is 0. The van der Waals surface area contributed by atoms with Gasteiger partial charge >= 0.3 is 26.2 Å². The molecule has 4 heavy (non-hydrogen) atoms. The molecule has 0 heterocycles. The molecule has 0 aromatic heterocycles. The molecule has 1 atom stereocenters. The number of hydrogen-bond donors (Lipinski definition) is 0. The van der Waals surface area contributed by atoms with E-state index in [4.69, 9.17) is 0 Å². The van der Waals surface area contributed by atoms with Gasteiger partial charge in [0.15, 0.2) is 0 Å². The third-order valence-electron chi connectivity index (χ3n) is 0. The van der Waals surface area contributed by atoms with Gasteiger partial charge in [0.25, 0.3) is 0 Å². The molecule has 33 valence electrons. The summed E-state index contributed by atoms with van der Waals surface area (Å²) in [6.45, 7) is 0. The van der Waals surface area contributed by atoms with Gasteiger partial charge in [-0.2, -0.15) is 9.90 Å². The first-order chi connectivity index (χ1) is 0. The summed E-state index contributed by atoms with van der Waals surface area (Å²) in [4.78, 5) is 0. The molecule has 0 aromatic rings. The van der Waals surface area contributed by atoms with Gasteiger partial charge in [-0.05, 0) is 0 Å². The molecule has 0 saturated heterocycles. The van der Waals surface area contributed by atoms with Crippen LogP contribution in [-0.2, 0) is 33.6 Å². The smallest absolute Gasteiger partial charge is 0 e. The first-order valence-electron chi connectivity index (χ1n) is 0. The van der Waals surface area contributed by atoms with E-state index in [1.807, 2.05) is 0 Å². The van der Waals surface area contributed by atoms with Gasteiger partial charge in [-0.1, -0.05) is 0 Å². The van der Waals surface area contributed by atoms with Crippen LogP contribution in [0.2, 0.25) is 0 Å². The Bertz CT molecular complexity index is 8.00. The van der Waals surface area contributed by atoms with Gasteiger partial charge in [0.2, 0.25) is 0 Å². The largest absolute Gasteiger partial charge is 0 e. The van der Waals surface area contributed by atoms with Crippen molar-refractivity contribution in [2.75, 3.05) is 0 Å². The van der Waals surface area contributed by atoms with Crippen LogP contribution < -0.4 is 0 Å². The molecule has 1 radical (unpaired) electrons. The Morgan fingerprint density at radius 3 is 1.00 bits per heavy atom. The van der Waals surface area contributed by atoms with E-state index in [-0.39, 0.29) is 69.7 Å². The second-order valence-electron chi connectivity index (χ2n) is 0. The second-order valence-corrected chi connectivity index (χ2v) is 0. The molecule has 0 nitrogen and oxygen atoms in total. The minimum absolute atomic E-state index is 0. The van der Waals surface area contributed by atoms with Crippen molar-refractivity contribution in [1.82, 2.24) is 0 Å². The van der Waals surface area contributed by atoms with Crippen molar-refractivity contribution < 1.29 is 33.6 Å². The van der Waals surface area contributed by atoms with Crippen LogP contribution in [0, 0.1) is 0 Å². The maximum Gasteiger partial charge on any atom is 0 e. The molecule has 0 aliphatic rings. The van der Waals surface area contributed by atoms with E-state index in [0.717, 1.165) is 0 Å². The van der Waals surface area contributed by atoms with Crippen molar-refractivity contribution in [3.05, 3.63) is 0 Å². The minimum Gasteiger partial charge on any atom is 0 e. The van der Waals surface area contributed by atoms with Crippen molar-refractivity contribution in [3.63, 3.8) is 0 Å². The summed E-state index contributed by atoms with van der Waals surface area (Å²) in [5.74, 6) is 0. The predicted molar refractivity (Wildman–Crippen MR) is 21.0 cm³/mol. The van der Waals surface area contributed by atoms with Gasteiger partial charge in [0, 0.05) is 33.6 Å². The standard InChI is InChI=1S/Bi.Mn.Ni.H3P.3H/h;;;1H3;;;. The second kappa shape index (κ2) is 18.4. The van der Waals surface area contributed by atoms with E-state index in [2.05, 4.69) is 0 Å². The van der Waals surface area contributed by atoms with Gasteiger partial charge in [0.05, 0.1) is 0 Å². The molecule has 0 amide bonds. The van der Waals surface area contributed by atoms with Gasteiger partial charge in [0.1, 0.15) is 0 Å². The Morgan fingerprint density at radius 2 is 1.00 bits per heavy atom. The predicted octanol–water partition coefficient (Wildman–Crippen LogP) is -1.13.